The van der Waals surface area contributed by atoms with E-state index >= 15 is 0 Å². The first kappa shape index (κ1) is 26.4. The highest BCUT2D eigenvalue weighted by Gasteiger charge is 2.25. The molecule has 6 N–H and O–H groups in total. The highest BCUT2D eigenvalue weighted by molar-refractivity contribution is 7.87. The van der Waals surface area contributed by atoms with Crippen LogP contribution in [0.2, 0.25) is 0 Å². The van der Waals surface area contributed by atoms with Gasteiger partial charge in [0.25, 0.3) is 5.91 Å². The third-order valence-corrected chi connectivity index (χ3v) is 6.28. The van der Waals surface area contributed by atoms with E-state index in [0.717, 1.165) is 5.56 Å². The van der Waals surface area contributed by atoms with Gasteiger partial charge in [-0.1, -0.05) is 29.8 Å². The Morgan fingerprint density at radius 2 is 1.67 bits per heavy atom. The summed E-state index contributed by atoms with van der Waals surface area (Å²) in [5.41, 5.74) is 13.6. The van der Waals surface area contributed by atoms with Crippen LogP contribution >= 0.6 is 0 Å². The molecule has 11 heteroatoms. The van der Waals surface area contributed by atoms with Crippen molar-refractivity contribution in [2.24, 2.45) is 11.5 Å². The molecule has 0 saturated carbocycles. The predicted octanol–water partition coefficient (Wildman–Crippen LogP) is 1.85. The quantitative estimate of drug-likeness (QED) is 0.181. The van der Waals surface area contributed by atoms with Gasteiger partial charge < -0.3 is 25.7 Å². The van der Waals surface area contributed by atoms with Crippen LogP contribution in [0.4, 0.5) is 0 Å². The van der Waals surface area contributed by atoms with Gasteiger partial charge in [-0.2, -0.15) is 8.42 Å². The van der Waals surface area contributed by atoms with Gasteiger partial charge in [0, 0.05) is 17.7 Å². The van der Waals surface area contributed by atoms with E-state index in [2.05, 4.69) is 9.50 Å². The Hall–Kier alpha value is -4.22. The van der Waals surface area contributed by atoms with E-state index in [4.69, 9.17) is 21.6 Å². The molecule has 0 aromatic heterocycles. The first-order valence-corrected chi connectivity index (χ1v) is 12.2. The van der Waals surface area contributed by atoms with Gasteiger partial charge >= 0.3 is 16.1 Å². The summed E-state index contributed by atoms with van der Waals surface area (Å²) in [5.74, 6) is -1.16. The third-order valence-electron chi connectivity index (χ3n) is 5.05. The molecule has 3 aromatic rings. The number of benzene rings is 3. The first-order chi connectivity index (χ1) is 17.0. The number of amidine groups is 1. The van der Waals surface area contributed by atoms with Crippen molar-refractivity contribution >= 4 is 27.8 Å². The smallest absolute Gasteiger partial charge is 0.341 e. The molecule has 0 saturated heterocycles. The van der Waals surface area contributed by atoms with Crippen molar-refractivity contribution in [1.29, 1.82) is 5.41 Å². The largest absolute Gasteiger partial charge is 0.489 e. The maximum absolute atomic E-state index is 12.5. The molecule has 10 nitrogen and oxygen atoms in total. The number of hydrogen-bond acceptors (Lipinski definition) is 8. The van der Waals surface area contributed by atoms with Crippen molar-refractivity contribution in [3.05, 3.63) is 95.1 Å². The van der Waals surface area contributed by atoms with E-state index < -0.39 is 28.0 Å². The second-order valence-electron chi connectivity index (χ2n) is 7.91. The Labute approximate surface area is 208 Å². The second kappa shape index (κ2) is 11.5. The lowest BCUT2D eigenvalue weighted by Gasteiger charge is -2.13. The van der Waals surface area contributed by atoms with Gasteiger partial charge in [0.15, 0.2) is 0 Å². The summed E-state index contributed by atoms with van der Waals surface area (Å²) in [6, 6.07) is 17.8. The average Bonchev–Trinajstić information content (AvgIpc) is 2.86. The van der Waals surface area contributed by atoms with Crippen LogP contribution in [0.15, 0.2) is 77.7 Å². The van der Waals surface area contributed by atoms with E-state index in [-0.39, 0.29) is 23.9 Å². The van der Waals surface area contributed by atoms with E-state index in [1.807, 2.05) is 0 Å². The van der Waals surface area contributed by atoms with Crippen LogP contribution in [-0.4, -0.2) is 38.7 Å². The van der Waals surface area contributed by atoms with Gasteiger partial charge in [0.05, 0.1) is 0 Å². The van der Waals surface area contributed by atoms with Gasteiger partial charge in [-0.25, -0.2) is 4.79 Å². The Morgan fingerprint density at radius 1 is 1.00 bits per heavy atom. The van der Waals surface area contributed by atoms with E-state index in [1.54, 1.807) is 67.6 Å². The van der Waals surface area contributed by atoms with Crippen LogP contribution in [-0.2, 0) is 25.7 Å². The first-order valence-electron chi connectivity index (χ1n) is 10.8. The van der Waals surface area contributed by atoms with Gasteiger partial charge in [-0.15, -0.1) is 0 Å². The molecule has 0 aliphatic rings. The molecule has 0 heterocycles. The summed E-state index contributed by atoms with van der Waals surface area (Å²) in [4.78, 5) is 24.5. The summed E-state index contributed by atoms with van der Waals surface area (Å²) >= 11 is 0. The van der Waals surface area contributed by atoms with Crippen LogP contribution in [0.1, 0.15) is 27.0 Å². The van der Waals surface area contributed by atoms with E-state index in [9.17, 15) is 18.0 Å². The average molecular weight is 511 g/mol. The molecule has 3 rings (SSSR count). The minimum absolute atomic E-state index is 0.0406. The van der Waals surface area contributed by atoms with Crippen LogP contribution < -0.4 is 21.5 Å². The molecule has 1 unspecified atom stereocenters. The van der Waals surface area contributed by atoms with Gasteiger partial charge in [0.2, 0.25) is 0 Å². The number of hydrogen-bond donors (Lipinski definition) is 4. The molecule has 1 atom stereocenters. The Kier molecular flexibility index (Phi) is 8.41. The molecule has 0 aliphatic carbocycles. The molecule has 0 fully saturated rings. The zero-order chi connectivity index (χ0) is 26.3. The molecule has 188 valence electrons. The molecule has 0 spiro atoms. The number of amides is 1. The number of nitrogen functional groups attached to an aromatic ring is 1. The molecular formula is C25H26N4O6S. The number of carbonyl (C=O) groups is 2. The summed E-state index contributed by atoms with van der Waals surface area (Å²) in [6.45, 7) is 1.65. The SMILES string of the molecule is Cc1ccc(S(=O)(=O)OC(=O)C(N)CNC(=O)c2cccc(COc3ccc(C(=N)N)cc3)c2)cc1. The number of ether oxygens (including phenoxy) is 1. The molecule has 0 aliphatic heterocycles. The van der Waals surface area contributed by atoms with Gasteiger partial charge in [-0.3, -0.25) is 10.2 Å². The number of nitrogens with two attached hydrogens (primary N) is 2. The topological polar surface area (TPSA) is 175 Å². The second-order valence-corrected chi connectivity index (χ2v) is 9.46. The predicted molar refractivity (Wildman–Crippen MR) is 133 cm³/mol. The Morgan fingerprint density at radius 3 is 2.31 bits per heavy atom. The number of rotatable bonds is 10. The van der Waals surface area contributed by atoms with Crippen LogP contribution in [0, 0.1) is 12.3 Å². The number of aryl methyl sites for hydroxylation is 1. The normalized spacial score (nSPS) is 11.8. The number of nitrogens with one attached hydrogen (secondary N) is 2. The Bertz CT molecular complexity index is 1360. The fraction of sp³-hybridized carbons (Fsp3) is 0.160. The highest BCUT2D eigenvalue weighted by atomic mass is 32.2. The summed E-state index contributed by atoms with van der Waals surface area (Å²) in [5, 5.41) is 9.91. The summed E-state index contributed by atoms with van der Waals surface area (Å²) in [6.07, 6.45) is 0. The monoisotopic (exact) mass is 510 g/mol. The molecule has 0 bridgehead atoms. The lowest BCUT2D eigenvalue weighted by Crippen LogP contribution is -2.44. The molecular weight excluding hydrogens is 484 g/mol. The van der Waals surface area contributed by atoms with E-state index in [0.29, 0.717) is 22.4 Å². The van der Waals surface area contributed by atoms with Crippen LogP contribution in [0.5, 0.6) is 5.75 Å². The highest BCUT2D eigenvalue weighted by Crippen LogP contribution is 2.16. The van der Waals surface area contributed by atoms with Crippen molar-refractivity contribution in [1.82, 2.24) is 5.32 Å². The fourth-order valence-electron chi connectivity index (χ4n) is 3.01. The lowest BCUT2D eigenvalue weighted by atomic mass is 10.1. The molecule has 0 radical (unpaired) electrons. The molecule has 36 heavy (non-hydrogen) atoms. The van der Waals surface area contributed by atoms with Crippen molar-refractivity contribution in [3.63, 3.8) is 0 Å². The number of carbonyl (C=O) groups excluding carboxylic acids is 2. The maximum Gasteiger partial charge on any atom is 0.341 e. The van der Waals surface area contributed by atoms with Gasteiger partial charge in [-0.05, 0) is 61.0 Å². The van der Waals surface area contributed by atoms with Crippen molar-refractivity contribution in [2.45, 2.75) is 24.5 Å². The van der Waals surface area contributed by atoms with Crippen molar-refractivity contribution < 1.29 is 26.9 Å². The Balaban J connectivity index is 1.53. The zero-order valence-electron chi connectivity index (χ0n) is 19.4. The maximum atomic E-state index is 12.5. The lowest BCUT2D eigenvalue weighted by molar-refractivity contribution is -0.135. The van der Waals surface area contributed by atoms with Crippen LogP contribution in [0.3, 0.4) is 0 Å². The fourth-order valence-corrected chi connectivity index (χ4v) is 3.92. The van der Waals surface area contributed by atoms with Gasteiger partial charge in [0.1, 0.15) is 29.1 Å². The standard InChI is InChI=1S/C25H26N4O6S/c1-16-5-11-21(12-6-16)36(32,33)35-25(31)22(26)14-29-24(30)19-4-2-3-17(13-19)15-34-20-9-7-18(8-10-20)23(27)28/h2-13,22H,14-15,26H2,1H3,(H3,27,28)(H,29,30). The summed E-state index contributed by atoms with van der Waals surface area (Å²) in [7, 11) is -4.33. The zero-order valence-corrected chi connectivity index (χ0v) is 20.2. The van der Waals surface area contributed by atoms with Crippen molar-refractivity contribution in [3.8, 4) is 5.75 Å². The van der Waals surface area contributed by atoms with Crippen molar-refractivity contribution in [2.75, 3.05) is 6.54 Å². The minimum Gasteiger partial charge on any atom is -0.489 e. The van der Waals surface area contributed by atoms with E-state index in [1.165, 1.54) is 12.1 Å². The molecule has 1 amide bonds. The molecule has 3 aromatic carbocycles. The van der Waals surface area contributed by atoms with Crippen LogP contribution in [0.25, 0.3) is 0 Å². The third kappa shape index (κ3) is 7.14. The minimum atomic E-state index is -4.33. The summed E-state index contributed by atoms with van der Waals surface area (Å²) < 4.78 is 34.8.